The van der Waals surface area contributed by atoms with Gasteiger partial charge in [-0.3, -0.25) is 40.5 Å². The van der Waals surface area contributed by atoms with Crippen LogP contribution in [0.1, 0.15) is 0 Å². The van der Waals surface area contributed by atoms with E-state index in [0.717, 1.165) is 24.3 Å². The zero-order valence-electron chi connectivity index (χ0n) is 15.8. The second-order valence-electron chi connectivity index (χ2n) is 5.90. The fourth-order valence-corrected chi connectivity index (χ4v) is 2.49. The van der Waals surface area contributed by atoms with Crippen LogP contribution in [0.5, 0.6) is 0 Å². The van der Waals surface area contributed by atoms with E-state index < -0.39 is 42.4 Å². The van der Waals surface area contributed by atoms with E-state index in [1.807, 2.05) is 0 Å². The van der Waals surface area contributed by atoms with Crippen LogP contribution >= 0.6 is 0 Å². The van der Waals surface area contributed by atoms with Gasteiger partial charge >= 0.3 is 0 Å². The summed E-state index contributed by atoms with van der Waals surface area (Å²) < 4.78 is 5.32. The van der Waals surface area contributed by atoms with E-state index in [9.17, 15) is 40.5 Å². The van der Waals surface area contributed by atoms with Gasteiger partial charge in [-0.05, 0) is 12.1 Å². The lowest BCUT2D eigenvalue weighted by Crippen LogP contribution is -2.15. The van der Waals surface area contributed by atoms with Crippen LogP contribution in [0.4, 0.5) is 34.1 Å². The molecule has 0 fully saturated rings. The molecule has 0 radical (unpaired) electrons. The SMILES string of the molecule is O=[N+]([O-])c1ccc(NCCOCCNc2ccc([N+](=O)[O-])cc2[N+](=O)[O-])c([N+](=O)[O-])c1. The molecule has 0 aliphatic heterocycles. The number of nitrogens with one attached hydrogen (secondary N) is 2. The number of non-ortho nitro benzene ring substituents is 2. The van der Waals surface area contributed by atoms with Crippen molar-refractivity contribution < 1.29 is 24.4 Å². The molecule has 0 saturated heterocycles. The lowest BCUT2D eigenvalue weighted by atomic mass is 10.2. The van der Waals surface area contributed by atoms with Crippen molar-refractivity contribution in [1.82, 2.24) is 0 Å². The lowest BCUT2D eigenvalue weighted by molar-refractivity contribution is -0.393. The van der Waals surface area contributed by atoms with Gasteiger partial charge in [0.05, 0.1) is 45.0 Å². The van der Waals surface area contributed by atoms with Gasteiger partial charge in [-0.2, -0.15) is 0 Å². The first-order valence-electron chi connectivity index (χ1n) is 8.62. The number of nitrogens with zero attached hydrogens (tertiary/aromatic N) is 4. The highest BCUT2D eigenvalue weighted by atomic mass is 16.6. The zero-order valence-corrected chi connectivity index (χ0v) is 15.8. The quantitative estimate of drug-likeness (QED) is 0.281. The standard InChI is InChI=1S/C16H16N6O9/c23-19(24)11-1-3-13(15(9-11)21(27)28)17-5-7-31-8-6-18-14-4-2-12(20(25)26)10-16(14)22(29)30/h1-4,9-10,17-18H,5-8H2. The third-order valence-electron chi connectivity index (χ3n) is 3.90. The van der Waals surface area contributed by atoms with Gasteiger partial charge in [0.2, 0.25) is 0 Å². The molecule has 0 unspecified atom stereocenters. The summed E-state index contributed by atoms with van der Waals surface area (Å²) in [6.45, 7) is 0.572. The number of ether oxygens (including phenoxy) is 1. The molecule has 0 aromatic heterocycles. The molecule has 2 aromatic carbocycles. The number of benzene rings is 2. The minimum absolute atomic E-state index is 0.0961. The molecule has 0 aliphatic carbocycles. The molecule has 2 N–H and O–H groups in total. The van der Waals surface area contributed by atoms with E-state index >= 15 is 0 Å². The van der Waals surface area contributed by atoms with Crippen LogP contribution in [-0.4, -0.2) is 46.0 Å². The molecular weight excluding hydrogens is 420 g/mol. The van der Waals surface area contributed by atoms with Crippen LogP contribution in [-0.2, 0) is 4.74 Å². The number of nitro benzene ring substituents is 4. The largest absolute Gasteiger partial charge is 0.378 e. The summed E-state index contributed by atoms with van der Waals surface area (Å²) >= 11 is 0. The van der Waals surface area contributed by atoms with Gasteiger partial charge in [-0.1, -0.05) is 0 Å². The summed E-state index contributed by atoms with van der Waals surface area (Å²) in [7, 11) is 0. The number of hydrogen-bond donors (Lipinski definition) is 2. The molecule has 15 heteroatoms. The second kappa shape index (κ2) is 10.4. The van der Waals surface area contributed by atoms with E-state index in [1.165, 1.54) is 12.1 Å². The Kier molecular flexibility index (Phi) is 7.68. The lowest BCUT2D eigenvalue weighted by Gasteiger charge is -2.09. The molecule has 164 valence electrons. The Morgan fingerprint density at radius 1 is 0.645 bits per heavy atom. The predicted octanol–water partition coefficient (Wildman–Crippen LogP) is 2.86. The first-order chi connectivity index (χ1) is 14.7. The monoisotopic (exact) mass is 436 g/mol. The minimum atomic E-state index is -0.739. The van der Waals surface area contributed by atoms with Crippen LogP contribution in [0.15, 0.2) is 36.4 Å². The molecule has 0 heterocycles. The molecule has 0 spiro atoms. The summed E-state index contributed by atoms with van der Waals surface area (Å²) in [5.41, 5.74) is -1.50. The number of nitro groups is 4. The minimum Gasteiger partial charge on any atom is -0.378 e. The first-order valence-corrected chi connectivity index (χ1v) is 8.62. The summed E-state index contributed by atoms with van der Waals surface area (Å²) in [6, 6.07) is 6.43. The third kappa shape index (κ3) is 6.29. The van der Waals surface area contributed by atoms with Crippen molar-refractivity contribution in [3.05, 3.63) is 76.9 Å². The van der Waals surface area contributed by atoms with Crippen molar-refractivity contribution in [2.75, 3.05) is 36.9 Å². The van der Waals surface area contributed by atoms with Crippen molar-refractivity contribution in [2.45, 2.75) is 0 Å². The normalized spacial score (nSPS) is 10.3. The van der Waals surface area contributed by atoms with E-state index in [1.54, 1.807) is 0 Å². The maximum absolute atomic E-state index is 11.1. The van der Waals surface area contributed by atoms with Crippen LogP contribution in [0, 0.1) is 40.5 Å². The molecule has 15 nitrogen and oxygen atoms in total. The Bertz CT molecular complexity index is 934. The van der Waals surface area contributed by atoms with Crippen molar-refractivity contribution in [2.24, 2.45) is 0 Å². The zero-order chi connectivity index (χ0) is 23.0. The van der Waals surface area contributed by atoms with Gasteiger partial charge in [-0.25, -0.2) is 0 Å². The van der Waals surface area contributed by atoms with Crippen molar-refractivity contribution in [1.29, 1.82) is 0 Å². The third-order valence-corrected chi connectivity index (χ3v) is 3.90. The maximum Gasteiger partial charge on any atom is 0.299 e. The molecule has 0 amide bonds. The van der Waals surface area contributed by atoms with Gasteiger partial charge in [0.15, 0.2) is 0 Å². The predicted molar refractivity (Wildman–Crippen MR) is 107 cm³/mol. The first kappa shape index (κ1) is 22.9. The Labute approximate surface area is 173 Å². The molecule has 0 aliphatic rings. The van der Waals surface area contributed by atoms with E-state index in [0.29, 0.717) is 0 Å². The highest BCUT2D eigenvalue weighted by molar-refractivity contribution is 5.66. The second-order valence-corrected chi connectivity index (χ2v) is 5.90. The highest BCUT2D eigenvalue weighted by Gasteiger charge is 2.20. The molecule has 2 aromatic rings. The Hall–Kier alpha value is -4.40. The van der Waals surface area contributed by atoms with Gasteiger partial charge in [-0.15, -0.1) is 0 Å². The van der Waals surface area contributed by atoms with Crippen LogP contribution in [0.25, 0.3) is 0 Å². The summed E-state index contributed by atoms with van der Waals surface area (Å²) in [6.07, 6.45) is 0. The highest BCUT2D eigenvalue weighted by Crippen LogP contribution is 2.29. The van der Waals surface area contributed by atoms with Gasteiger partial charge in [0, 0.05) is 25.2 Å². The molecule has 2 rings (SSSR count). The molecule has 31 heavy (non-hydrogen) atoms. The van der Waals surface area contributed by atoms with Crippen molar-refractivity contribution in [3.63, 3.8) is 0 Å². The topological polar surface area (TPSA) is 206 Å². The van der Waals surface area contributed by atoms with E-state index in [2.05, 4.69) is 10.6 Å². The van der Waals surface area contributed by atoms with E-state index in [-0.39, 0.29) is 37.7 Å². The summed E-state index contributed by atoms with van der Waals surface area (Å²) in [4.78, 5) is 40.6. The maximum atomic E-state index is 11.1. The Morgan fingerprint density at radius 2 is 1.03 bits per heavy atom. The molecule has 0 saturated carbocycles. The Morgan fingerprint density at radius 3 is 1.35 bits per heavy atom. The van der Waals surface area contributed by atoms with Gasteiger partial charge in [0.1, 0.15) is 11.4 Å². The van der Waals surface area contributed by atoms with Gasteiger partial charge < -0.3 is 15.4 Å². The summed E-state index contributed by atoms with van der Waals surface area (Å²) in [5, 5.41) is 49.1. The molecule has 0 bridgehead atoms. The van der Waals surface area contributed by atoms with Gasteiger partial charge in [0.25, 0.3) is 22.7 Å². The molecular formula is C16H16N6O9. The average molecular weight is 436 g/mol. The smallest absolute Gasteiger partial charge is 0.299 e. The number of rotatable bonds is 12. The number of hydrogen-bond acceptors (Lipinski definition) is 11. The van der Waals surface area contributed by atoms with Crippen LogP contribution in [0.2, 0.25) is 0 Å². The number of anilines is 2. The van der Waals surface area contributed by atoms with Crippen molar-refractivity contribution in [3.8, 4) is 0 Å². The molecule has 0 atom stereocenters. The van der Waals surface area contributed by atoms with Crippen LogP contribution < -0.4 is 10.6 Å². The van der Waals surface area contributed by atoms with Crippen molar-refractivity contribution >= 4 is 34.1 Å². The fraction of sp³-hybridized carbons (Fsp3) is 0.250. The van der Waals surface area contributed by atoms with Crippen LogP contribution in [0.3, 0.4) is 0 Å². The Balaban J connectivity index is 1.81. The average Bonchev–Trinajstić information content (AvgIpc) is 2.72. The summed E-state index contributed by atoms with van der Waals surface area (Å²) in [5.74, 6) is 0. The van der Waals surface area contributed by atoms with E-state index in [4.69, 9.17) is 4.74 Å². The fourth-order valence-electron chi connectivity index (χ4n) is 2.49.